The third-order valence-corrected chi connectivity index (χ3v) is 10.2. The van der Waals surface area contributed by atoms with Crippen molar-refractivity contribution < 1.29 is 19.4 Å². The zero-order valence-electron chi connectivity index (χ0n) is 22.7. The van der Waals surface area contributed by atoms with Gasteiger partial charge in [0.1, 0.15) is 11.9 Å². The lowest BCUT2D eigenvalue weighted by Gasteiger charge is -2.60. The van der Waals surface area contributed by atoms with Gasteiger partial charge in [-0.15, -0.1) is 0 Å². The molecule has 2 heterocycles. The molecule has 1 spiro atoms. The first-order valence-corrected chi connectivity index (χ1v) is 14.3. The number of aromatic hydroxyl groups is 1. The van der Waals surface area contributed by atoms with E-state index in [-0.39, 0.29) is 23.5 Å². The van der Waals surface area contributed by atoms with Gasteiger partial charge in [0.15, 0.2) is 11.5 Å². The topological polar surface area (TPSA) is 62.2 Å². The number of likely N-dealkylation sites (tertiary alicyclic amines) is 1. The van der Waals surface area contributed by atoms with Gasteiger partial charge in [-0.1, -0.05) is 29.8 Å². The quantitative estimate of drug-likeness (QED) is 0.567. The SMILES string of the molecule is COc1cc(O)c2c3c1O[C@H]1[C@@H](N(C)C(=O)C=Cc4cccc(C)c4)CC[C@H]4[C@@H](C2)N(CC2CC2)CC[C@@]341. The second kappa shape index (κ2) is 8.77. The van der Waals surface area contributed by atoms with Crippen molar-refractivity contribution in [3.05, 3.63) is 58.7 Å². The Balaban J connectivity index is 1.25. The van der Waals surface area contributed by atoms with Gasteiger partial charge in [0.05, 0.1) is 13.2 Å². The van der Waals surface area contributed by atoms with Crippen molar-refractivity contribution in [3.63, 3.8) is 0 Å². The molecule has 38 heavy (non-hydrogen) atoms. The lowest BCUT2D eigenvalue weighted by Crippen LogP contribution is -2.69. The summed E-state index contributed by atoms with van der Waals surface area (Å²) in [6.45, 7) is 4.28. The Kier molecular flexibility index (Phi) is 5.56. The average molecular weight is 515 g/mol. The van der Waals surface area contributed by atoms with Crippen LogP contribution < -0.4 is 9.47 Å². The fourth-order valence-corrected chi connectivity index (χ4v) is 8.28. The minimum atomic E-state index is -0.197. The summed E-state index contributed by atoms with van der Waals surface area (Å²) in [6.07, 6.45) is 10.00. The van der Waals surface area contributed by atoms with Crippen molar-refractivity contribution >= 4 is 12.0 Å². The summed E-state index contributed by atoms with van der Waals surface area (Å²) < 4.78 is 12.6. The van der Waals surface area contributed by atoms with Crippen LogP contribution in [0.4, 0.5) is 0 Å². The molecule has 2 saturated carbocycles. The van der Waals surface area contributed by atoms with E-state index >= 15 is 0 Å². The maximum Gasteiger partial charge on any atom is 0.246 e. The Labute approximate surface area is 225 Å². The highest BCUT2D eigenvalue weighted by atomic mass is 16.5. The van der Waals surface area contributed by atoms with Crippen molar-refractivity contribution in [2.75, 3.05) is 27.2 Å². The monoisotopic (exact) mass is 514 g/mol. The summed E-state index contributed by atoms with van der Waals surface area (Å²) in [5, 5.41) is 11.2. The van der Waals surface area contributed by atoms with Crippen LogP contribution in [0, 0.1) is 18.8 Å². The molecule has 1 saturated heterocycles. The molecule has 1 amide bonds. The van der Waals surface area contributed by atoms with Crippen LogP contribution in [-0.4, -0.2) is 66.2 Å². The van der Waals surface area contributed by atoms with E-state index in [9.17, 15) is 9.90 Å². The van der Waals surface area contributed by atoms with Gasteiger partial charge >= 0.3 is 0 Å². The first-order chi connectivity index (χ1) is 18.4. The Morgan fingerprint density at radius 2 is 2.11 bits per heavy atom. The van der Waals surface area contributed by atoms with E-state index in [0.717, 1.165) is 55.0 Å². The van der Waals surface area contributed by atoms with E-state index in [4.69, 9.17) is 9.47 Å². The van der Waals surface area contributed by atoms with Gasteiger partial charge in [-0.2, -0.15) is 0 Å². The van der Waals surface area contributed by atoms with Crippen LogP contribution in [0.15, 0.2) is 36.4 Å². The van der Waals surface area contributed by atoms with Crippen molar-refractivity contribution in [3.8, 4) is 17.2 Å². The van der Waals surface area contributed by atoms with Gasteiger partial charge in [-0.25, -0.2) is 0 Å². The molecule has 2 bridgehead atoms. The lowest BCUT2D eigenvalue weighted by atomic mass is 9.50. The lowest BCUT2D eigenvalue weighted by molar-refractivity contribution is -0.135. The van der Waals surface area contributed by atoms with Crippen molar-refractivity contribution in [1.29, 1.82) is 0 Å². The highest BCUT2D eigenvalue weighted by molar-refractivity contribution is 5.92. The molecule has 1 N–H and O–H groups in total. The van der Waals surface area contributed by atoms with E-state index in [2.05, 4.69) is 24.0 Å². The summed E-state index contributed by atoms with van der Waals surface area (Å²) in [7, 11) is 3.57. The molecule has 0 radical (unpaired) electrons. The van der Waals surface area contributed by atoms with Gasteiger partial charge in [-0.05, 0) is 75.5 Å². The zero-order chi connectivity index (χ0) is 26.2. The predicted molar refractivity (Wildman–Crippen MR) is 147 cm³/mol. The predicted octanol–water partition coefficient (Wildman–Crippen LogP) is 4.70. The Hall–Kier alpha value is -2.99. The number of benzene rings is 2. The number of carbonyl (C=O) groups is 1. The smallest absolute Gasteiger partial charge is 0.246 e. The van der Waals surface area contributed by atoms with Crippen LogP contribution in [0.3, 0.4) is 0 Å². The van der Waals surface area contributed by atoms with Crippen LogP contribution in [0.5, 0.6) is 17.2 Å². The second-order valence-electron chi connectivity index (χ2n) is 12.3. The minimum Gasteiger partial charge on any atom is -0.508 e. The molecule has 5 aliphatic rings. The Morgan fingerprint density at radius 3 is 2.87 bits per heavy atom. The number of nitrogens with zero attached hydrogens (tertiary/aromatic N) is 2. The molecule has 6 heteroatoms. The third-order valence-electron chi connectivity index (χ3n) is 10.2. The zero-order valence-corrected chi connectivity index (χ0v) is 22.7. The number of phenolic OH excluding ortho intramolecular Hbond substituents is 1. The molecule has 200 valence electrons. The number of methoxy groups -OCH3 is 1. The maximum absolute atomic E-state index is 13.5. The average Bonchev–Trinajstić information content (AvgIpc) is 3.67. The van der Waals surface area contributed by atoms with E-state index in [1.807, 2.05) is 30.2 Å². The second-order valence-corrected chi connectivity index (χ2v) is 12.3. The van der Waals surface area contributed by atoms with Crippen LogP contribution in [-0.2, 0) is 16.6 Å². The molecule has 3 aliphatic carbocycles. The molecular weight excluding hydrogens is 476 g/mol. The van der Waals surface area contributed by atoms with Crippen LogP contribution in [0.1, 0.15) is 54.4 Å². The number of piperidine rings is 1. The number of hydrogen-bond acceptors (Lipinski definition) is 5. The molecule has 2 aromatic carbocycles. The summed E-state index contributed by atoms with van der Waals surface area (Å²) in [6, 6.07) is 10.3. The summed E-state index contributed by atoms with van der Waals surface area (Å²) in [5.74, 6) is 3.03. The van der Waals surface area contributed by atoms with E-state index in [0.29, 0.717) is 23.5 Å². The number of ether oxygens (including phenoxy) is 2. The molecule has 2 aromatic rings. The summed E-state index contributed by atoms with van der Waals surface area (Å²) in [5.41, 5.74) is 4.22. The van der Waals surface area contributed by atoms with Gasteiger partial charge in [0.25, 0.3) is 0 Å². The minimum absolute atomic E-state index is 0.000485. The molecular formula is C32H38N2O4. The first-order valence-electron chi connectivity index (χ1n) is 14.3. The van der Waals surface area contributed by atoms with Crippen molar-refractivity contribution in [2.45, 2.75) is 69.1 Å². The fraction of sp³-hybridized carbons (Fsp3) is 0.531. The van der Waals surface area contributed by atoms with Crippen LogP contribution in [0.25, 0.3) is 6.08 Å². The van der Waals surface area contributed by atoms with Gasteiger partial charge in [-0.3, -0.25) is 9.69 Å². The molecule has 6 nitrogen and oxygen atoms in total. The highest BCUT2D eigenvalue weighted by Crippen LogP contribution is 2.65. The standard InChI is InChI=1S/C32H38N2O4/c1-19-5-4-6-20(15-19)9-12-28(36)33(2)24-11-10-23-25-16-22-26(35)17-27(37-3)30-29(22)32(23,31(24)38-30)13-14-34(25)18-21-7-8-21/h4-6,9,12,15,17,21,23-25,31,35H,7-8,10-11,13-14,16,18H2,1-3H3/t23-,24-,25+,31-,32-/m0/s1. The normalized spacial score (nSPS) is 31.1. The van der Waals surface area contributed by atoms with Gasteiger partial charge in [0.2, 0.25) is 5.91 Å². The van der Waals surface area contributed by atoms with Gasteiger partial charge in [0, 0.05) is 48.3 Å². The summed E-state index contributed by atoms with van der Waals surface area (Å²) >= 11 is 0. The van der Waals surface area contributed by atoms with Crippen LogP contribution in [0.2, 0.25) is 0 Å². The summed E-state index contributed by atoms with van der Waals surface area (Å²) in [4.78, 5) is 18.1. The third kappa shape index (κ3) is 3.52. The van der Waals surface area contributed by atoms with Crippen molar-refractivity contribution in [1.82, 2.24) is 9.80 Å². The molecule has 0 aromatic heterocycles. The highest BCUT2D eigenvalue weighted by Gasteiger charge is 2.67. The van der Waals surface area contributed by atoms with E-state index in [1.165, 1.54) is 30.5 Å². The van der Waals surface area contributed by atoms with E-state index in [1.54, 1.807) is 19.3 Å². The van der Waals surface area contributed by atoms with Gasteiger partial charge < -0.3 is 19.5 Å². The molecule has 7 rings (SSSR count). The first kappa shape index (κ1) is 24.1. The maximum atomic E-state index is 13.5. The van der Waals surface area contributed by atoms with E-state index < -0.39 is 0 Å². The number of amides is 1. The molecule has 5 atom stereocenters. The molecule has 2 aliphatic heterocycles. The Morgan fingerprint density at radius 1 is 1.26 bits per heavy atom. The number of rotatable bonds is 6. The molecule has 0 unspecified atom stereocenters. The number of phenols is 1. The number of likely N-dealkylation sites (N-methyl/N-ethyl adjacent to an activating group) is 1. The number of hydrogen-bond donors (Lipinski definition) is 1. The number of carbonyl (C=O) groups excluding carboxylic acids is 1. The largest absolute Gasteiger partial charge is 0.508 e. The van der Waals surface area contributed by atoms with Crippen molar-refractivity contribution in [2.24, 2.45) is 11.8 Å². The molecule has 3 fully saturated rings. The van der Waals surface area contributed by atoms with Crippen LogP contribution >= 0.6 is 0 Å². The fourth-order valence-electron chi connectivity index (χ4n) is 8.28. The number of aryl methyl sites for hydroxylation is 1. The Bertz CT molecular complexity index is 1320.